The van der Waals surface area contributed by atoms with Crippen LogP contribution in [0, 0.1) is 5.92 Å². The van der Waals surface area contributed by atoms with Crippen molar-refractivity contribution in [1.82, 2.24) is 10.3 Å². The van der Waals surface area contributed by atoms with Crippen LogP contribution >= 0.6 is 0 Å². The Balaban J connectivity index is 0.00000324. The molecule has 19 heavy (non-hydrogen) atoms. The Hall–Kier alpha value is -1.51. The normalized spacial score (nSPS) is 11.3. The van der Waals surface area contributed by atoms with Gasteiger partial charge in [0.25, 0.3) is 0 Å². The molecule has 0 aliphatic rings. The Kier molecular flexibility index (Phi) is 7.88. The monoisotopic (exact) mass is 260 g/mol. The summed E-state index contributed by atoms with van der Waals surface area (Å²) in [5.41, 5.74) is 0.601. The van der Waals surface area contributed by atoms with Crippen LogP contribution in [0.5, 0.6) is 0 Å². The number of aromatic nitrogens is 1. The van der Waals surface area contributed by atoms with Gasteiger partial charge in [-0.3, -0.25) is 4.98 Å². The van der Waals surface area contributed by atoms with Crippen molar-refractivity contribution in [3.63, 3.8) is 0 Å². The average molecular weight is 260 g/mol. The first-order chi connectivity index (χ1) is 8.50. The van der Waals surface area contributed by atoms with Gasteiger partial charge in [-0.05, 0) is 18.1 Å². The molecule has 0 saturated carbocycles. The Labute approximate surface area is 123 Å². The minimum atomic E-state index is -1.08. The maximum absolute atomic E-state index is 11.4. The SMILES string of the molecule is CC(C)[C@H](NC(=O)OCc1ccccn1)C(=O)O.[LiH]. The molecular formula is C12H17LiN2O4. The van der Waals surface area contributed by atoms with Crippen LogP contribution in [0.15, 0.2) is 24.4 Å². The van der Waals surface area contributed by atoms with E-state index in [-0.39, 0.29) is 31.4 Å². The Bertz CT molecular complexity index is 411. The molecule has 2 N–H and O–H groups in total. The molecule has 1 heterocycles. The zero-order chi connectivity index (χ0) is 13.5. The van der Waals surface area contributed by atoms with Crippen LogP contribution in [-0.2, 0) is 16.1 Å². The number of ether oxygens (including phenoxy) is 1. The van der Waals surface area contributed by atoms with Crippen molar-refractivity contribution in [2.24, 2.45) is 5.92 Å². The van der Waals surface area contributed by atoms with Gasteiger partial charge >= 0.3 is 30.9 Å². The molecule has 1 atom stereocenters. The minimum absolute atomic E-state index is 0. The molecule has 0 bridgehead atoms. The van der Waals surface area contributed by atoms with Gasteiger partial charge in [-0.2, -0.15) is 0 Å². The van der Waals surface area contributed by atoms with Crippen molar-refractivity contribution in [2.45, 2.75) is 26.5 Å². The number of carbonyl (C=O) groups excluding carboxylic acids is 1. The molecular weight excluding hydrogens is 243 g/mol. The molecule has 1 aromatic rings. The number of hydrogen-bond donors (Lipinski definition) is 2. The fourth-order valence-electron chi connectivity index (χ4n) is 1.31. The summed E-state index contributed by atoms with van der Waals surface area (Å²) in [6.45, 7) is 3.42. The molecule has 1 rings (SSSR count). The average Bonchev–Trinajstić information content (AvgIpc) is 2.34. The zero-order valence-corrected chi connectivity index (χ0v) is 10.3. The summed E-state index contributed by atoms with van der Waals surface area (Å²) in [4.78, 5) is 26.3. The van der Waals surface area contributed by atoms with Crippen LogP contribution in [0.25, 0.3) is 0 Å². The van der Waals surface area contributed by atoms with Crippen LogP contribution in [0.1, 0.15) is 19.5 Å². The van der Waals surface area contributed by atoms with E-state index in [1.54, 1.807) is 38.2 Å². The summed E-state index contributed by atoms with van der Waals surface area (Å²) in [6, 6.07) is 4.28. The van der Waals surface area contributed by atoms with E-state index >= 15 is 0 Å². The number of carboxylic acids is 1. The first kappa shape index (κ1) is 17.5. The molecule has 100 valence electrons. The van der Waals surface area contributed by atoms with Gasteiger partial charge in [0.1, 0.15) is 12.6 Å². The number of carboxylic acid groups (broad SMARTS) is 1. The maximum atomic E-state index is 11.4. The van der Waals surface area contributed by atoms with E-state index in [0.717, 1.165) is 0 Å². The molecule has 0 unspecified atom stereocenters. The molecule has 0 saturated heterocycles. The first-order valence-electron chi connectivity index (χ1n) is 5.56. The second kappa shape index (κ2) is 8.57. The number of hydrogen-bond acceptors (Lipinski definition) is 4. The van der Waals surface area contributed by atoms with Gasteiger partial charge in [0.2, 0.25) is 0 Å². The van der Waals surface area contributed by atoms with Gasteiger partial charge in [0.05, 0.1) is 5.69 Å². The van der Waals surface area contributed by atoms with Crippen molar-refractivity contribution in [3.05, 3.63) is 30.1 Å². The number of carbonyl (C=O) groups is 2. The molecule has 0 fully saturated rings. The number of nitrogens with one attached hydrogen (secondary N) is 1. The van der Waals surface area contributed by atoms with E-state index in [2.05, 4.69) is 10.3 Å². The fraction of sp³-hybridized carbons (Fsp3) is 0.417. The number of pyridine rings is 1. The number of alkyl carbamates (subject to hydrolysis) is 1. The standard InChI is InChI=1S/C12H16N2O4.Li.H/c1-8(2)10(11(15)16)14-12(17)18-7-9-5-3-4-6-13-9;;/h3-6,8,10H,7H2,1-2H3,(H,14,17)(H,15,16);;/t10-;;/m0../s1. The van der Waals surface area contributed by atoms with Gasteiger partial charge in [0, 0.05) is 6.20 Å². The predicted molar refractivity (Wildman–Crippen MR) is 71.0 cm³/mol. The molecule has 0 aliphatic carbocycles. The third-order valence-corrected chi connectivity index (χ3v) is 2.28. The predicted octanol–water partition coefficient (Wildman–Crippen LogP) is 0.768. The molecule has 1 amide bonds. The number of nitrogens with zero attached hydrogens (tertiary/aromatic N) is 1. The van der Waals surface area contributed by atoms with E-state index in [9.17, 15) is 9.59 Å². The van der Waals surface area contributed by atoms with Gasteiger partial charge in [-0.1, -0.05) is 19.9 Å². The number of amides is 1. The Morgan fingerprint density at radius 3 is 2.58 bits per heavy atom. The molecule has 6 nitrogen and oxygen atoms in total. The van der Waals surface area contributed by atoms with Crippen molar-refractivity contribution in [1.29, 1.82) is 0 Å². The Morgan fingerprint density at radius 1 is 1.42 bits per heavy atom. The van der Waals surface area contributed by atoms with Crippen molar-refractivity contribution in [2.75, 3.05) is 0 Å². The molecule has 0 radical (unpaired) electrons. The summed E-state index contributed by atoms with van der Waals surface area (Å²) >= 11 is 0. The van der Waals surface area contributed by atoms with Crippen molar-refractivity contribution in [3.8, 4) is 0 Å². The third kappa shape index (κ3) is 6.27. The van der Waals surface area contributed by atoms with Crippen LogP contribution in [0.4, 0.5) is 4.79 Å². The van der Waals surface area contributed by atoms with Gasteiger partial charge < -0.3 is 15.2 Å². The second-order valence-electron chi connectivity index (χ2n) is 4.10. The zero-order valence-electron chi connectivity index (χ0n) is 10.3. The van der Waals surface area contributed by atoms with Crippen LogP contribution in [-0.4, -0.2) is 47.1 Å². The number of rotatable bonds is 5. The summed E-state index contributed by atoms with van der Waals surface area (Å²) in [6.07, 6.45) is 0.826. The molecule has 0 aliphatic heterocycles. The van der Waals surface area contributed by atoms with Crippen molar-refractivity contribution >= 4 is 30.9 Å². The van der Waals surface area contributed by atoms with Crippen LogP contribution < -0.4 is 5.32 Å². The van der Waals surface area contributed by atoms with Gasteiger partial charge in [-0.15, -0.1) is 0 Å². The molecule has 0 spiro atoms. The fourth-order valence-corrected chi connectivity index (χ4v) is 1.31. The van der Waals surface area contributed by atoms with Crippen molar-refractivity contribution < 1.29 is 19.4 Å². The molecule has 1 aromatic heterocycles. The first-order valence-corrected chi connectivity index (χ1v) is 5.56. The summed E-state index contributed by atoms with van der Waals surface area (Å²) in [5.74, 6) is -1.30. The van der Waals surface area contributed by atoms with Crippen LogP contribution in [0.3, 0.4) is 0 Å². The molecule has 7 heteroatoms. The summed E-state index contributed by atoms with van der Waals surface area (Å²) < 4.78 is 4.88. The van der Waals surface area contributed by atoms with Crippen LogP contribution in [0.2, 0.25) is 0 Å². The summed E-state index contributed by atoms with van der Waals surface area (Å²) in [7, 11) is 0. The Morgan fingerprint density at radius 2 is 2.11 bits per heavy atom. The third-order valence-electron chi connectivity index (χ3n) is 2.28. The van der Waals surface area contributed by atoms with Gasteiger partial charge in [0.15, 0.2) is 0 Å². The van der Waals surface area contributed by atoms with E-state index in [1.807, 2.05) is 0 Å². The van der Waals surface area contributed by atoms with E-state index < -0.39 is 18.1 Å². The summed E-state index contributed by atoms with van der Waals surface area (Å²) in [5, 5.41) is 11.2. The number of aliphatic carboxylic acids is 1. The topological polar surface area (TPSA) is 88.5 Å². The van der Waals surface area contributed by atoms with E-state index in [1.165, 1.54) is 0 Å². The quantitative estimate of drug-likeness (QED) is 0.763. The van der Waals surface area contributed by atoms with Gasteiger partial charge in [-0.25, -0.2) is 9.59 Å². The van der Waals surface area contributed by atoms with E-state index in [0.29, 0.717) is 5.69 Å². The van der Waals surface area contributed by atoms with E-state index in [4.69, 9.17) is 9.84 Å². The second-order valence-corrected chi connectivity index (χ2v) is 4.10. The molecule has 0 aromatic carbocycles.